The van der Waals surface area contributed by atoms with Crippen LogP contribution in [0.15, 0.2) is 4.99 Å². The third-order valence-corrected chi connectivity index (χ3v) is 1.90. The van der Waals surface area contributed by atoms with Gasteiger partial charge in [-0.1, -0.05) is 0 Å². The Morgan fingerprint density at radius 1 is 1.00 bits per heavy atom. The van der Waals surface area contributed by atoms with E-state index in [1.807, 2.05) is 4.99 Å². The van der Waals surface area contributed by atoms with Crippen LogP contribution >= 0.6 is 0 Å². The molecule has 0 rings (SSSR count). The minimum Gasteiger partial charge on any atom is -0.528 e. The van der Waals surface area contributed by atoms with Crippen molar-refractivity contribution in [2.24, 2.45) is 4.99 Å². The molecule has 0 aliphatic rings. The van der Waals surface area contributed by atoms with Gasteiger partial charge >= 0.3 is 18.3 Å². The normalized spacial score (nSPS) is 14.8. The Balaban J connectivity index is 5.23. The molecular formula is C7H9F6NO2Si. The van der Waals surface area contributed by atoms with E-state index in [1.165, 1.54) is 19.6 Å². The number of rotatable bonds is 1. The zero-order valence-electron chi connectivity index (χ0n) is 9.03. The molecule has 0 saturated carbocycles. The van der Waals surface area contributed by atoms with Gasteiger partial charge < -0.3 is 4.43 Å². The topological polar surface area (TPSA) is 38.7 Å². The molecule has 0 saturated heterocycles. The van der Waals surface area contributed by atoms with Gasteiger partial charge in [-0.2, -0.15) is 31.3 Å². The predicted octanol–water partition coefficient (Wildman–Crippen LogP) is 2.89. The van der Waals surface area contributed by atoms with Crippen LogP contribution in [-0.2, 0) is 9.22 Å². The maximum absolute atomic E-state index is 12.2. The van der Waals surface area contributed by atoms with Crippen molar-refractivity contribution in [3.63, 3.8) is 0 Å². The number of carbonyl (C=O) groups excluding carboxylic acids is 1. The highest BCUT2D eigenvalue weighted by Crippen LogP contribution is 2.24. The third-order valence-electron chi connectivity index (χ3n) is 1.09. The molecule has 100 valence electrons. The summed E-state index contributed by atoms with van der Waals surface area (Å²) in [5, 5.41) is 0. The van der Waals surface area contributed by atoms with E-state index >= 15 is 0 Å². The number of hydrogen-bond acceptors (Lipinski definition) is 2. The van der Waals surface area contributed by atoms with Crippen molar-refractivity contribution in [1.29, 1.82) is 0 Å². The van der Waals surface area contributed by atoms with E-state index in [0.29, 0.717) is 0 Å². The molecule has 0 aromatic rings. The van der Waals surface area contributed by atoms with E-state index in [-0.39, 0.29) is 0 Å². The van der Waals surface area contributed by atoms with E-state index in [0.717, 1.165) is 0 Å². The van der Waals surface area contributed by atoms with Gasteiger partial charge in [0.15, 0.2) is 0 Å². The molecule has 0 bridgehead atoms. The molecule has 0 heterocycles. The van der Waals surface area contributed by atoms with Gasteiger partial charge in [-0.25, -0.2) is 0 Å². The van der Waals surface area contributed by atoms with Gasteiger partial charge in [-0.15, -0.1) is 0 Å². The van der Waals surface area contributed by atoms with E-state index in [9.17, 15) is 31.1 Å². The minimum absolute atomic E-state index is 1.31. The van der Waals surface area contributed by atoms with Crippen LogP contribution in [-0.4, -0.2) is 32.5 Å². The number of nitrogens with zero attached hydrogens (tertiary/aromatic N) is 1. The van der Waals surface area contributed by atoms with E-state index in [4.69, 9.17) is 0 Å². The summed E-state index contributed by atoms with van der Waals surface area (Å²) < 4.78 is 76.3. The second-order valence-electron chi connectivity index (χ2n) is 3.93. The molecule has 10 heteroatoms. The predicted molar refractivity (Wildman–Crippen MR) is 49.0 cm³/mol. The lowest BCUT2D eigenvalue weighted by molar-refractivity contribution is -0.170. The Hall–Kier alpha value is -1.06. The van der Waals surface area contributed by atoms with E-state index in [2.05, 4.69) is 4.43 Å². The fourth-order valence-corrected chi connectivity index (χ4v) is 1.33. The maximum Gasteiger partial charge on any atom is 0.473 e. The highest BCUT2D eigenvalue weighted by Gasteiger charge is 2.45. The summed E-state index contributed by atoms with van der Waals surface area (Å²) in [6.45, 7) is 3.94. The average molecular weight is 281 g/mol. The van der Waals surface area contributed by atoms with Crippen LogP contribution in [0.3, 0.4) is 0 Å². The molecule has 0 fully saturated rings. The summed E-state index contributed by atoms with van der Waals surface area (Å²) >= 11 is 0. The number of amides is 1. The van der Waals surface area contributed by atoms with Gasteiger partial charge in [-0.3, -0.25) is 4.79 Å². The Kier molecular flexibility index (Phi) is 4.37. The van der Waals surface area contributed by atoms with Gasteiger partial charge in [0.1, 0.15) is 0 Å². The molecule has 1 amide bonds. The number of aliphatic imine (C=N–C) groups is 1. The zero-order chi connectivity index (χ0) is 14.1. The van der Waals surface area contributed by atoms with Crippen LogP contribution in [0.5, 0.6) is 0 Å². The third kappa shape index (κ3) is 6.29. The molecule has 0 N–H and O–H groups in total. The number of carbonyl (C=O) groups is 1. The lowest BCUT2D eigenvalue weighted by atomic mass is 10.5. The highest BCUT2D eigenvalue weighted by atomic mass is 28.4. The van der Waals surface area contributed by atoms with E-state index < -0.39 is 32.5 Å². The second kappa shape index (κ2) is 4.67. The zero-order valence-corrected chi connectivity index (χ0v) is 10.0. The fourth-order valence-electron chi connectivity index (χ4n) is 0.590. The molecule has 0 atom stereocenters. The molecule has 0 radical (unpaired) electrons. The molecule has 0 spiro atoms. The van der Waals surface area contributed by atoms with Crippen molar-refractivity contribution in [3.05, 3.63) is 0 Å². The number of hydrogen-bond donors (Lipinski definition) is 0. The minimum atomic E-state index is -5.46. The Bertz CT molecular complexity index is 327. The van der Waals surface area contributed by atoms with Crippen molar-refractivity contribution in [1.82, 2.24) is 0 Å². The molecule has 0 unspecified atom stereocenters. The summed E-state index contributed by atoms with van der Waals surface area (Å²) in [6.07, 6.45) is -10.7. The van der Waals surface area contributed by atoms with Gasteiger partial charge in [0.05, 0.1) is 0 Å². The molecule has 3 nitrogen and oxygen atoms in total. The number of alkyl halides is 6. The standard InChI is InChI=1S/C7H9F6NO2Si/c1-17(2,3)16-5(7(11,12)13)14-4(15)6(8,9)10/h1-3H3. The monoisotopic (exact) mass is 281 g/mol. The first kappa shape index (κ1) is 15.9. The quantitative estimate of drug-likeness (QED) is 0.321. The SMILES string of the molecule is C[Si](C)(C)OC(=NC(=O)C(F)(F)F)C(F)(F)F. The first-order valence-corrected chi connectivity index (χ1v) is 7.60. The molecule has 0 aromatic carbocycles. The molecule has 17 heavy (non-hydrogen) atoms. The van der Waals surface area contributed by atoms with Crippen LogP contribution in [0, 0.1) is 0 Å². The van der Waals surface area contributed by atoms with Gasteiger partial charge in [0.25, 0.3) is 5.90 Å². The summed E-state index contributed by atoms with van der Waals surface area (Å²) in [6, 6.07) is 0. The van der Waals surface area contributed by atoms with E-state index in [1.54, 1.807) is 0 Å². The van der Waals surface area contributed by atoms with Crippen molar-refractivity contribution < 1.29 is 35.6 Å². The molecule has 0 aliphatic carbocycles. The summed E-state index contributed by atoms with van der Waals surface area (Å²) in [7, 11) is -2.83. The van der Waals surface area contributed by atoms with Crippen LogP contribution in [0.25, 0.3) is 0 Å². The lowest BCUT2D eigenvalue weighted by Gasteiger charge is -2.21. The van der Waals surface area contributed by atoms with Crippen LogP contribution < -0.4 is 0 Å². The largest absolute Gasteiger partial charge is 0.528 e. The molecular weight excluding hydrogens is 272 g/mol. The summed E-state index contributed by atoms with van der Waals surface area (Å²) in [5.74, 6) is -5.00. The van der Waals surface area contributed by atoms with Crippen molar-refractivity contribution in [2.75, 3.05) is 0 Å². The van der Waals surface area contributed by atoms with Crippen LogP contribution in [0.4, 0.5) is 26.3 Å². The summed E-state index contributed by atoms with van der Waals surface area (Å²) in [5.41, 5.74) is 0. The Labute approximate surface area is 93.6 Å². The lowest BCUT2D eigenvalue weighted by Crippen LogP contribution is -2.38. The smallest absolute Gasteiger partial charge is 0.473 e. The molecule has 0 aliphatic heterocycles. The van der Waals surface area contributed by atoms with Crippen molar-refractivity contribution >= 4 is 20.1 Å². The summed E-state index contributed by atoms with van der Waals surface area (Å²) in [4.78, 5) is 12.3. The first-order chi connectivity index (χ1) is 7.23. The average Bonchev–Trinajstić information content (AvgIpc) is 1.96. The van der Waals surface area contributed by atoms with Crippen LogP contribution in [0.2, 0.25) is 19.6 Å². The van der Waals surface area contributed by atoms with Gasteiger partial charge in [0.2, 0.25) is 8.32 Å². The van der Waals surface area contributed by atoms with Gasteiger partial charge in [-0.05, 0) is 19.6 Å². The highest BCUT2D eigenvalue weighted by molar-refractivity contribution is 6.71. The number of halogens is 6. The molecule has 0 aromatic heterocycles. The second-order valence-corrected chi connectivity index (χ2v) is 8.36. The van der Waals surface area contributed by atoms with Gasteiger partial charge in [0, 0.05) is 0 Å². The fraction of sp³-hybridized carbons (Fsp3) is 0.714. The van der Waals surface area contributed by atoms with Crippen molar-refractivity contribution in [2.45, 2.75) is 32.0 Å². The van der Waals surface area contributed by atoms with Crippen molar-refractivity contribution in [3.8, 4) is 0 Å². The Morgan fingerprint density at radius 2 is 1.41 bits per heavy atom. The first-order valence-electron chi connectivity index (χ1n) is 4.19. The van der Waals surface area contributed by atoms with Crippen LogP contribution in [0.1, 0.15) is 0 Å². The Morgan fingerprint density at radius 3 is 1.65 bits per heavy atom. The maximum atomic E-state index is 12.2.